The minimum Gasteiger partial charge on any atom is -0.475 e. The average Bonchev–Trinajstić information content (AvgIpc) is 3.23. The number of halogens is 4. The number of nitrogens with zero attached hydrogens (tertiary/aromatic N) is 2. The molecule has 2 aliphatic rings. The van der Waals surface area contributed by atoms with Crippen LogP contribution in [-0.2, 0) is 16.1 Å². The molecule has 1 saturated heterocycles. The number of morpholine rings is 1. The van der Waals surface area contributed by atoms with Gasteiger partial charge in [0.05, 0.1) is 23.9 Å². The van der Waals surface area contributed by atoms with Crippen LogP contribution in [-0.4, -0.2) is 64.4 Å². The maximum absolute atomic E-state index is 14.1. The molecule has 2 unspecified atom stereocenters. The summed E-state index contributed by atoms with van der Waals surface area (Å²) in [5, 5.41) is 10.3. The lowest BCUT2D eigenvalue weighted by molar-refractivity contribution is -0.192. The molecule has 1 aromatic carbocycles. The quantitative estimate of drug-likeness (QED) is 0.592. The molecular formula is C23H27F4N3O4S. The van der Waals surface area contributed by atoms with Crippen molar-refractivity contribution in [2.45, 2.75) is 57.0 Å². The van der Waals surface area contributed by atoms with Gasteiger partial charge in [-0.2, -0.15) is 13.2 Å². The zero-order valence-electron chi connectivity index (χ0n) is 19.1. The van der Waals surface area contributed by atoms with E-state index in [0.717, 1.165) is 37.9 Å². The summed E-state index contributed by atoms with van der Waals surface area (Å²) in [7, 11) is 0. The second-order valence-electron chi connectivity index (χ2n) is 8.56. The minimum absolute atomic E-state index is 0.0429. The fourth-order valence-electron chi connectivity index (χ4n) is 4.40. The zero-order valence-corrected chi connectivity index (χ0v) is 19.9. The molecule has 2 heterocycles. The number of thiazole rings is 1. The van der Waals surface area contributed by atoms with Crippen molar-refractivity contribution in [3.8, 4) is 0 Å². The Morgan fingerprint density at radius 3 is 2.66 bits per heavy atom. The molecule has 1 spiro atoms. The van der Waals surface area contributed by atoms with Gasteiger partial charge >= 0.3 is 12.1 Å². The number of hydrogen-bond donors (Lipinski definition) is 2. The Hall–Kier alpha value is -2.57. The number of carbonyl (C=O) groups excluding carboxylic acids is 1. The van der Waals surface area contributed by atoms with E-state index in [1.54, 1.807) is 11.6 Å². The van der Waals surface area contributed by atoms with Gasteiger partial charge in [0.1, 0.15) is 16.3 Å². The SMILES string of the molecule is Cc1ncsc1C(=O)NC1CCCCC12CN(Cc1ccccc1F)CCO2.O=C(O)C(F)(F)F. The van der Waals surface area contributed by atoms with Gasteiger partial charge in [-0.3, -0.25) is 9.69 Å². The van der Waals surface area contributed by atoms with Crippen molar-refractivity contribution in [3.63, 3.8) is 0 Å². The first-order chi connectivity index (χ1) is 16.5. The number of hydrogen-bond acceptors (Lipinski definition) is 6. The number of aromatic nitrogens is 1. The van der Waals surface area contributed by atoms with Gasteiger partial charge in [0.15, 0.2) is 0 Å². The first-order valence-electron chi connectivity index (χ1n) is 11.1. The van der Waals surface area contributed by atoms with E-state index < -0.39 is 17.7 Å². The Kier molecular flexibility index (Phi) is 8.84. The monoisotopic (exact) mass is 517 g/mol. The summed E-state index contributed by atoms with van der Waals surface area (Å²) in [6.45, 7) is 4.49. The molecule has 0 bridgehead atoms. The molecule has 1 amide bonds. The van der Waals surface area contributed by atoms with Crippen LogP contribution in [0.3, 0.4) is 0 Å². The van der Waals surface area contributed by atoms with Gasteiger partial charge in [0.2, 0.25) is 0 Å². The third kappa shape index (κ3) is 6.98. The molecule has 2 N–H and O–H groups in total. The number of ether oxygens (including phenoxy) is 1. The largest absolute Gasteiger partial charge is 0.490 e. The number of nitrogens with one attached hydrogen (secondary N) is 1. The molecule has 192 valence electrons. The van der Waals surface area contributed by atoms with Gasteiger partial charge in [-0.1, -0.05) is 31.0 Å². The first-order valence-corrected chi connectivity index (χ1v) is 12.0. The van der Waals surface area contributed by atoms with Crippen molar-refractivity contribution in [1.82, 2.24) is 15.2 Å². The molecule has 1 aromatic heterocycles. The summed E-state index contributed by atoms with van der Waals surface area (Å²) in [4.78, 5) is 28.8. The fourth-order valence-corrected chi connectivity index (χ4v) is 5.11. The van der Waals surface area contributed by atoms with Crippen LogP contribution in [0.25, 0.3) is 0 Å². The van der Waals surface area contributed by atoms with Gasteiger partial charge in [-0.15, -0.1) is 11.3 Å². The number of alkyl halides is 3. The van der Waals surface area contributed by atoms with Crippen molar-refractivity contribution in [2.75, 3.05) is 19.7 Å². The molecule has 12 heteroatoms. The standard InChI is InChI=1S/C21H26FN3O2S.C2HF3O2/c1-15-19(28-14-23-15)20(26)24-18-8-4-5-9-21(18)13-25(10-11-27-21)12-16-6-2-3-7-17(16)22;3-2(4,5)1(6)7/h2-3,6-7,14,18H,4-5,8-13H2,1H3,(H,24,26);(H,6,7). The highest BCUT2D eigenvalue weighted by atomic mass is 32.1. The molecule has 1 saturated carbocycles. The topological polar surface area (TPSA) is 91.8 Å². The number of amides is 1. The Morgan fingerprint density at radius 2 is 2.03 bits per heavy atom. The molecule has 35 heavy (non-hydrogen) atoms. The second-order valence-corrected chi connectivity index (χ2v) is 9.41. The predicted molar refractivity (Wildman–Crippen MR) is 121 cm³/mol. The average molecular weight is 518 g/mol. The molecule has 1 aliphatic heterocycles. The summed E-state index contributed by atoms with van der Waals surface area (Å²) < 4.78 is 52.1. The van der Waals surface area contributed by atoms with Crippen molar-refractivity contribution < 1.29 is 37.0 Å². The van der Waals surface area contributed by atoms with Gasteiger partial charge < -0.3 is 15.2 Å². The maximum atomic E-state index is 14.1. The van der Waals surface area contributed by atoms with E-state index in [2.05, 4.69) is 15.2 Å². The highest BCUT2D eigenvalue weighted by Crippen LogP contribution is 2.36. The summed E-state index contributed by atoms with van der Waals surface area (Å²) in [5.41, 5.74) is 2.76. The minimum atomic E-state index is -5.08. The molecule has 4 rings (SSSR count). The van der Waals surface area contributed by atoms with Gasteiger partial charge in [0, 0.05) is 25.2 Å². The smallest absolute Gasteiger partial charge is 0.475 e. The number of carboxylic acid groups (broad SMARTS) is 1. The fraction of sp³-hybridized carbons (Fsp3) is 0.522. The normalized spacial score (nSPS) is 22.8. The maximum Gasteiger partial charge on any atom is 0.490 e. The van der Waals surface area contributed by atoms with Crippen LogP contribution in [0.2, 0.25) is 0 Å². The van der Waals surface area contributed by atoms with E-state index in [0.29, 0.717) is 30.1 Å². The molecule has 2 atom stereocenters. The second kappa shape index (κ2) is 11.4. The number of aryl methyl sites for hydroxylation is 1. The van der Waals surface area contributed by atoms with Crippen LogP contribution in [0.1, 0.15) is 46.6 Å². The van der Waals surface area contributed by atoms with E-state index in [-0.39, 0.29) is 17.8 Å². The van der Waals surface area contributed by atoms with E-state index >= 15 is 0 Å². The van der Waals surface area contributed by atoms with Crippen molar-refractivity contribution >= 4 is 23.2 Å². The first kappa shape index (κ1) is 27.0. The highest BCUT2D eigenvalue weighted by molar-refractivity contribution is 7.11. The van der Waals surface area contributed by atoms with Crippen LogP contribution in [0.4, 0.5) is 17.6 Å². The summed E-state index contributed by atoms with van der Waals surface area (Å²) in [6, 6.07) is 6.89. The Bertz CT molecular complexity index is 1030. The molecule has 2 aromatic rings. The Balaban J connectivity index is 0.000000429. The Labute approximate surface area is 204 Å². The zero-order chi connectivity index (χ0) is 25.6. The third-order valence-electron chi connectivity index (χ3n) is 6.12. The van der Waals surface area contributed by atoms with Crippen LogP contribution in [0, 0.1) is 12.7 Å². The lowest BCUT2D eigenvalue weighted by Gasteiger charge is -2.49. The van der Waals surface area contributed by atoms with E-state index in [1.165, 1.54) is 17.4 Å². The third-order valence-corrected chi connectivity index (χ3v) is 7.04. The van der Waals surface area contributed by atoms with Crippen molar-refractivity contribution in [2.24, 2.45) is 0 Å². The van der Waals surface area contributed by atoms with E-state index in [9.17, 15) is 22.4 Å². The number of rotatable bonds is 4. The van der Waals surface area contributed by atoms with Crippen LogP contribution in [0.15, 0.2) is 29.8 Å². The number of carbonyl (C=O) groups is 2. The number of aliphatic carboxylic acids is 1. The molecule has 2 fully saturated rings. The summed E-state index contributed by atoms with van der Waals surface area (Å²) in [6.07, 6.45) is -1.12. The predicted octanol–water partition coefficient (Wildman–Crippen LogP) is 4.17. The van der Waals surface area contributed by atoms with Crippen LogP contribution in [0.5, 0.6) is 0 Å². The van der Waals surface area contributed by atoms with Gasteiger partial charge in [-0.05, 0) is 25.8 Å². The van der Waals surface area contributed by atoms with Crippen LogP contribution < -0.4 is 5.32 Å². The highest BCUT2D eigenvalue weighted by Gasteiger charge is 2.46. The summed E-state index contributed by atoms with van der Waals surface area (Å²) >= 11 is 1.37. The van der Waals surface area contributed by atoms with Crippen molar-refractivity contribution in [3.05, 3.63) is 51.7 Å². The lowest BCUT2D eigenvalue weighted by atomic mass is 9.78. The lowest BCUT2D eigenvalue weighted by Crippen LogP contribution is -2.63. The number of benzene rings is 1. The Morgan fingerprint density at radius 1 is 1.31 bits per heavy atom. The molecule has 1 aliphatic carbocycles. The van der Waals surface area contributed by atoms with Gasteiger partial charge in [-0.25, -0.2) is 14.2 Å². The number of carboxylic acids is 1. The van der Waals surface area contributed by atoms with Crippen LogP contribution >= 0.6 is 11.3 Å². The van der Waals surface area contributed by atoms with Crippen molar-refractivity contribution in [1.29, 1.82) is 0 Å². The summed E-state index contributed by atoms with van der Waals surface area (Å²) in [5.74, 6) is -2.99. The molecule has 0 radical (unpaired) electrons. The van der Waals surface area contributed by atoms with E-state index in [4.69, 9.17) is 14.6 Å². The van der Waals surface area contributed by atoms with Gasteiger partial charge in [0.25, 0.3) is 5.91 Å². The molecular weight excluding hydrogens is 490 g/mol. The van der Waals surface area contributed by atoms with E-state index in [1.807, 2.05) is 19.1 Å². The molecule has 7 nitrogen and oxygen atoms in total.